The van der Waals surface area contributed by atoms with Crippen molar-refractivity contribution < 1.29 is 0 Å². The predicted octanol–water partition coefficient (Wildman–Crippen LogP) is 2.66. The van der Waals surface area contributed by atoms with Crippen LogP contribution in [0.25, 0.3) is 0 Å². The third-order valence-corrected chi connectivity index (χ3v) is 5.73. The van der Waals surface area contributed by atoms with E-state index in [1.807, 2.05) is 12.4 Å². The van der Waals surface area contributed by atoms with Crippen LogP contribution in [0.15, 0.2) is 23.3 Å². The predicted molar refractivity (Wildman–Crippen MR) is 110 cm³/mol. The second-order valence-corrected chi connectivity index (χ2v) is 8.37. The number of H-pyrrole nitrogens is 1. The van der Waals surface area contributed by atoms with Crippen LogP contribution < -0.4 is 10.5 Å². The minimum atomic E-state index is -0.0401. The quantitative estimate of drug-likeness (QED) is 0.857. The number of hydrogen-bond acceptors (Lipinski definition) is 6. The van der Waals surface area contributed by atoms with E-state index in [4.69, 9.17) is 4.98 Å². The average Bonchev–Trinajstić information content (AvgIpc) is 3.23. The van der Waals surface area contributed by atoms with Gasteiger partial charge in [0, 0.05) is 62.0 Å². The number of hydrogen-bond donors (Lipinski definition) is 1. The highest BCUT2D eigenvalue weighted by Gasteiger charge is 2.24. The second kappa shape index (κ2) is 8.39. The van der Waals surface area contributed by atoms with Gasteiger partial charge in [-0.05, 0) is 32.2 Å². The first-order chi connectivity index (χ1) is 13.6. The molecule has 0 bridgehead atoms. The number of likely N-dealkylation sites (tertiary alicyclic amines) is 1. The molecular formula is C21H30N6O. The minimum Gasteiger partial charge on any atom is -0.342 e. The third kappa shape index (κ3) is 4.41. The number of aromatic amines is 1. The second-order valence-electron chi connectivity index (χ2n) is 8.37. The summed E-state index contributed by atoms with van der Waals surface area (Å²) in [7, 11) is 0. The zero-order valence-electron chi connectivity index (χ0n) is 16.9. The Hall–Kier alpha value is -2.28. The third-order valence-electron chi connectivity index (χ3n) is 5.73. The maximum Gasteiger partial charge on any atom is 0.252 e. The molecule has 4 rings (SSSR count). The molecule has 0 radical (unpaired) electrons. The zero-order chi connectivity index (χ0) is 19.5. The van der Waals surface area contributed by atoms with Gasteiger partial charge in [-0.1, -0.05) is 13.8 Å². The molecule has 7 heteroatoms. The van der Waals surface area contributed by atoms with Gasteiger partial charge < -0.3 is 4.90 Å². The van der Waals surface area contributed by atoms with Crippen molar-refractivity contribution in [1.82, 2.24) is 24.8 Å². The molecule has 7 nitrogen and oxygen atoms in total. The lowest BCUT2D eigenvalue weighted by Crippen LogP contribution is -2.35. The number of anilines is 1. The number of piperidine rings is 1. The summed E-state index contributed by atoms with van der Waals surface area (Å²) in [6.45, 7) is 9.00. The van der Waals surface area contributed by atoms with E-state index < -0.39 is 0 Å². The number of aromatic nitrogens is 4. The SMILES string of the molecule is CC(C)c1ncc(CN2CCCC(c3cc(=O)[nH]c(N4CCCC4)n3)C2)cn1. The molecule has 0 aliphatic carbocycles. The largest absolute Gasteiger partial charge is 0.342 e. The fourth-order valence-corrected chi connectivity index (χ4v) is 4.19. The summed E-state index contributed by atoms with van der Waals surface area (Å²) in [5, 5.41) is 0. The van der Waals surface area contributed by atoms with Crippen LogP contribution in [0.2, 0.25) is 0 Å². The number of nitrogens with zero attached hydrogens (tertiary/aromatic N) is 5. The van der Waals surface area contributed by atoms with Crippen LogP contribution in [0.4, 0.5) is 5.95 Å². The summed E-state index contributed by atoms with van der Waals surface area (Å²) in [5.74, 6) is 2.28. The molecule has 0 aromatic carbocycles. The molecular weight excluding hydrogens is 352 g/mol. The topological polar surface area (TPSA) is 78.0 Å². The van der Waals surface area contributed by atoms with Crippen LogP contribution in [0.3, 0.4) is 0 Å². The van der Waals surface area contributed by atoms with Gasteiger partial charge in [-0.25, -0.2) is 15.0 Å². The Kier molecular flexibility index (Phi) is 5.71. The van der Waals surface area contributed by atoms with Gasteiger partial charge in [-0.3, -0.25) is 14.7 Å². The molecule has 2 aromatic heterocycles. The van der Waals surface area contributed by atoms with Crippen LogP contribution in [0.5, 0.6) is 0 Å². The van der Waals surface area contributed by atoms with Gasteiger partial charge in [-0.2, -0.15) is 0 Å². The van der Waals surface area contributed by atoms with E-state index in [0.717, 1.165) is 68.6 Å². The molecule has 2 aliphatic rings. The molecule has 1 N–H and O–H groups in total. The Morgan fingerprint density at radius 2 is 1.89 bits per heavy atom. The van der Waals surface area contributed by atoms with Crippen LogP contribution in [0.1, 0.15) is 68.4 Å². The van der Waals surface area contributed by atoms with Gasteiger partial charge in [0.1, 0.15) is 5.82 Å². The molecule has 2 fully saturated rings. The standard InChI is InChI=1S/C21H30N6O/c1-15(2)20-22-11-16(12-23-20)13-26-7-5-6-17(14-26)18-10-19(28)25-21(24-18)27-8-3-4-9-27/h10-12,15,17H,3-9,13-14H2,1-2H3,(H,24,25,28). The molecule has 1 atom stereocenters. The fourth-order valence-electron chi connectivity index (χ4n) is 4.19. The molecule has 0 amide bonds. The van der Waals surface area contributed by atoms with Gasteiger partial charge in [-0.15, -0.1) is 0 Å². The highest BCUT2D eigenvalue weighted by Crippen LogP contribution is 2.27. The molecule has 0 spiro atoms. The van der Waals surface area contributed by atoms with Crippen LogP contribution >= 0.6 is 0 Å². The molecule has 2 aromatic rings. The Labute approximate surface area is 166 Å². The molecule has 4 heterocycles. The Morgan fingerprint density at radius 3 is 2.61 bits per heavy atom. The lowest BCUT2D eigenvalue weighted by Gasteiger charge is -2.32. The van der Waals surface area contributed by atoms with Crippen molar-refractivity contribution in [3.63, 3.8) is 0 Å². The number of nitrogens with one attached hydrogen (secondary N) is 1. The lowest BCUT2D eigenvalue weighted by molar-refractivity contribution is 0.198. The van der Waals surface area contributed by atoms with E-state index in [1.165, 1.54) is 12.8 Å². The molecule has 1 unspecified atom stereocenters. The van der Waals surface area contributed by atoms with Crippen molar-refractivity contribution >= 4 is 5.95 Å². The molecule has 2 aliphatic heterocycles. The summed E-state index contributed by atoms with van der Waals surface area (Å²) in [4.78, 5) is 33.6. The van der Waals surface area contributed by atoms with E-state index in [1.54, 1.807) is 6.07 Å². The van der Waals surface area contributed by atoms with Crippen molar-refractivity contribution in [1.29, 1.82) is 0 Å². The van der Waals surface area contributed by atoms with E-state index >= 15 is 0 Å². The van der Waals surface area contributed by atoms with Crippen molar-refractivity contribution in [3.8, 4) is 0 Å². The molecule has 2 saturated heterocycles. The molecule has 150 valence electrons. The van der Waals surface area contributed by atoms with Crippen molar-refractivity contribution in [2.75, 3.05) is 31.1 Å². The van der Waals surface area contributed by atoms with Crippen molar-refractivity contribution in [2.24, 2.45) is 0 Å². The highest BCUT2D eigenvalue weighted by atomic mass is 16.1. The summed E-state index contributed by atoms with van der Waals surface area (Å²) in [6.07, 6.45) is 8.43. The van der Waals surface area contributed by atoms with E-state index in [-0.39, 0.29) is 5.56 Å². The Balaban J connectivity index is 1.45. The maximum atomic E-state index is 12.2. The summed E-state index contributed by atoms with van der Waals surface area (Å²) in [6, 6.07) is 1.69. The van der Waals surface area contributed by atoms with Gasteiger partial charge >= 0.3 is 0 Å². The maximum absolute atomic E-state index is 12.2. The molecule has 28 heavy (non-hydrogen) atoms. The van der Waals surface area contributed by atoms with Crippen LogP contribution in [-0.4, -0.2) is 51.0 Å². The Bertz CT molecular complexity index is 841. The summed E-state index contributed by atoms with van der Waals surface area (Å²) >= 11 is 0. The van der Waals surface area contributed by atoms with E-state index in [2.05, 4.69) is 38.6 Å². The van der Waals surface area contributed by atoms with Gasteiger partial charge in [0.2, 0.25) is 5.95 Å². The van der Waals surface area contributed by atoms with E-state index in [9.17, 15) is 4.79 Å². The van der Waals surface area contributed by atoms with Gasteiger partial charge in [0.05, 0.1) is 5.69 Å². The van der Waals surface area contributed by atoms with Gasteiger partial charge in [0.15, 0.2) is 0 Å². The van der Waals surface area contributed by atoms with Crippen molar-refractivity contribution in [3.05, 3.63) is 45.9 Å². The molecule has 0 saturated carbocycles. The van der Waals surface area contributed by atoms with Crippen LogP contribution in [0, 0.1) is 0 Å². The first kappa shape index (κ1) is 19.1. The van der Waals surface area contributed by atoms with Crippen LogP contribution in [-0.2, 0) is 6.54 Å². The summed E-state index contributed by atoms with van der Waals surface area (Å²) < 4.78 is 0. The van der Waals surface area contributed by atoms with E-state index in [0.29, 0.717) is 11.8 Å². The minimum absolute atomic E-state index is 0.0401. The van der Waals surface area contributed by atoms with Crippen molar-refractivity contribution in [2.45, 2.75) is 57.9 Å². The average molecular weight is 383 g/mol. The summed E-state index contributed by atoms with van der Waals surface area (Å²) in [5.41, 5.74) is 2.03. The first-order valence-corrected chi connectivity index (χ1v) is 10.5. The lowest BCUT2D eigenvalue weighted by atomic mass is 9.94. The smallest absolute Gasteiger partial charge is 0.252 e. The fraction of sp³-hybridized carbons (Fsp3) is 0.619. The zero-order valence-corrected chi connectivity index (χ0v) is 16.9. The highest BCUT2D eigenvalue weighted by molar-refractivity contribution is 5.32. The normalized spacial score (nSPS) is 20.8. The Morgan fingerprint density at radius 1 is 1.14 bits per heavy atom. The number of rotatable bonds is 5. The monoisotopic (exact) mass is 382 g/mol. The van der Waals surface area contributed by atoms with Gasteiger partial charge in [0.25, 0.3) is 5.56 Å². The first-order valence-electron chi connectivity index (χ1n) is 10.5.